The molecule has 1 aliphatic rings. The second kappa shape index (κ2) is 17.3. The average molecular weight is 935 g/mol. The number of aromatic nitrogens is 2. The Kier molecular flexibility index (Phi) is 11.6. The van der Waals surface area contributed by atoms with E-state index in [0.717, 1.165) is 39.4 Å². The number of rotatable bonds is 9. The summed E-state index contributed by atoms with van der Waals surface area (Å²) in [6.07, 6.45) is 1.95. The van der Waals surface area contributed by atoms with Gasteiger partial charge >= 0.3 is 0 Å². The van der Waals surface area contributed by atoms with Crippen LogP contribution in [0.2, 0.25) is 0 Å². The van der Waals surface area contributed by atoms with Crippen LogP contribution in [0.5, 0.6) is 11.5 Å². The Hall–Kier alpha value is -7.11. The first kappa shape index (κ1) is 47.6. The Bertz CT molecular complexity index is 3430. The Labute approximate surface area is 422 Å². The lowest BCUT2D eigenvalue weighted by molar-refractivity contribution is 0.483. The number of ether oxygens (including phenoxy) is 1. The number of fused-ring (bicyclic) bond motifs is 4. The highest BCUT2D eigenvalue weighted by molar-refractivity contribution is 6.10. The van der Waals surface area contributed by atoms with Gasteiger partial charge in [0.15, 0.2) is 0 Å². The molecule has 0 N–H and O–H groups in total. The van der Waals surface area contributed by atoms with E-state index >= 15 is 0 Å². The number of benzene rings is 7. The molecule has 71 heavy (non-hydrogen) atoms. The molecular formula is C66H70N4O. The number of hydrogen-bond acceptors (Lipinski definition) is 4. The maximum atomic E-state index is 6.93. The third-order valence-electron chi connectivity index (χ3n) is 15.2. The van der Waals surface area contributed by atoms with Crippen LogP contribution in [0.15, 0.2) is 176 Å². The van der Waals surface area contributed by atoms with Gasteiger partial charge in [-0.2, -0.15) is 0 Å². The molecular weight excluding hydrogens is 865 g/mol. The van der Waals surface area contributed by atoms with Crippen molar-refractivity contribution >= 4 is 44.6 Å². The summed E-state index contributed by atoms with van der Waals surface area (Å²) in [5, 5.41) is 2.36. The molecule has 10 rings (SSSR count). The van der Waals surface area contributed by atoms with Gasteiger partial charge in [-0.1, -0.05) is 175 Å². The molecule has 0 radical (unpaired) electrons. The van der Waals surface area contributed by atoms with Crippen LogP contribution in [-0.2, 0) is 27.1 Å². The van der Waals surface area contributed by atoms with Crippen LogP contribution < -0.4 is 14.5 Å². The lowest BCUT2D eigenvalue weighted by Gasteiger charge is -2.32. The van der Waals surface area contributed by atoms with Gasteiger partial charge in [0.2, 0.25) is 0 Å². The first-order valence-electron chi connectivity index (χ1n) is 25.4. The first-order chi connectivity index (χ1) is 33.6. The second-order valence-electron chi connectivity index (χ2n) is 24.0. The molecule has 0 saturated carbocycles. The van der Waals surface area contributed by atoms with E-state index in [-0.39, 0.29) is 27.1 Å². The Morgan fingerprint density at radius 3 is 1.63 bits per heavy atom. The molecule has 0 bridgehead atoms. The largest absolute Gasteiger partial charge is 0.457 e. The van der Waals surface area contributed by atoms with Gasteiger partial charge in [-0.05, 0) is 128 Å². The van der Waals surface area contributed by atoms with E-state index < -0.39 is 0 Å². The van der Waals surface area contributed by atoms with Crippen molar-refractivity contribution in [2.75, 3.05) is 16.5 Å². The molecule has 0 amide bonds. The van der Waals surface area contributed by atoms with Crippen LogP contribution in [0, 0.1) is 0 Å². The van der Waals surface area contributed by atoms with Crippen LogP contribution in [0.3, 0.4) is 0 Å². The molecule has 5 nitrogen and oxygen atoms in total. The molecule has 1 aliphatic heterocycles. The van der Waals surface area contributed by atoms with Crippen molar-refractivity contribution in [3.05, 3.63) is 215 Å². The zero-order chi connectivity index (χ0) is 50.3. The summed E-state index contributed by atoms with van der Waals surface area (Å²) < 4.78 is 9.24. The van der Waals surface area contributed by atoms with Gasteiger partial charge in [0.25, 0.3) is 0 Å². The van der Waals surface area contributed by atoms with Crippen LogP contribution in [-0.4, -0.2) is 16.2 Å². The summed E-state index contributed by atoms with van der Waals surface area (Å²) in [5.74, 6) is 2.42. The normalized spacial score (nSPS) is 13.6. The minimum Gasteiger partial charge on any atom is -0.457 e. The number of nitrogens with zero attached hydrogens (tertiary/aromatic N) is 4. The topological polar surface area (TPSA) is 33.5 Å². The maximum Gasteiger partial charge on any atom is 0.137 e. The summed E-state index contributed by atoms with van der Waals surface area (Å²) in [7, 11) is 0. The molecule has 0 aliphatic carbocycles. The van der Waals surface area contributed by atoms with Crippen LogP contribution in [0.25, 0.3) is 27.6 Å². The zero-order valence-corrected chi connectivity index (χ0v) is 44.1. The summed E-state index contributed by atoms with van der Waals surface area (Å²) in [4.78, 5) is 10.0. The SMILES string of the molecule is CC(C)(C)c1cc(N2CN(c3cccc(Oc4ccc5c6cc(C(C)(C)C)ccc6n(-c6cc(C(C)(C)c7ccccc7)ccn6)c5c4)c3)c3ccc(C(C)(C)C)cc32)cc(C(C)(C)c2ccccc2)c1. The van der Waals surface area contributed by atoms with Gasteiger partial charge in [0.05, 0.1) is 22.4 Å². The second-order valence-corrected chi connectivity index (χ2v) is 24.0. The number of pyridine rings is 1. The van der Waals surface area contributed by atoms with Crippen molar-refractivity contribution < 1.29 is 4.74 Å². The van der Waals surface area contributed by atoms with E-state index in [9.17, 15) is 0 Å². The van der Waals surface area contributed by atoms with E-state index in [1.807, 2.05) is 6.20 Å². The fourth-order valence-electron chi connectivity index (χ4n) is 10.3. The predicted molar refractivity (Wildman–Crippen MR) is 300 cm³/mol. The van der Waals surface area contributed by atoms with E-state index in [2.05, 4.69) is 274 Å². The molecule has 0 unspecified atom stereocenters. The van der Waals surface area contributed by atoms with E-state index in [1.54, 1.807) is 0 Å². The minimum absolute atomic E-state index is 0.00495. The highest BCUT2D eigenvalue weighted by atomic mass is 16.5. The van der Waals surface area contributed by atoms with E-state index in [4.69, 9.17) is 9.72 Å². The Morgan fingerprint density at radius 1 is 0.380 bits per heavy atom. The van der Waals surface area contributed by atoms with Crippen molar-refractivity contribution in [2.45, 2.75) is 117 Å². The average Bonchev–Trinajstić information content (AvgIpc) is 3.89. The summed E-state index contributed by atoms with van der Waals surface area (Å²) in [5.41, 5.74) is 15.3. The molecule has 0 atom stereocenters. The van der Waals surface area contributed by atoms with Crippen molar-refractivity contribution in [2.24, 2.45) is 0 Å². The van der Waals surface area contributed by atoms with Crippen molar-refractivity contribution in [3.8, 4) is 17.3 Å². The molecule has 9 aromatic rings. The van der Waals surface area contributed by atoms with E-state index in [0.29, 0.717) is 6.67 Å². The van der Waals surface area contributed by atoms with Crippen molar-refractivity contribution in [1.29, 1.82) is 0 Å². The predicted octanol–water partition coefficient (Wildman–Crippen LogP) is 17.8. The molecule has 2 aromatic heterocycles. The van der Waals surface area contributed by atoms with Crippen molar-refractivity contribution in [3.63, 3.8) is 0 Å². The van der Waals surface area contributed by atoms with Crippen LogP contribution >= 0.6 is 0 Å². The van der Waals surface area contributed by atoms with Gasteiger partial charge in [-0.15, -0.1) is 0 Å². The molecule has 0 saturated heterocycles. The molecule has 5 heteroatoms. The molecule has 0 spiro atoms. The lowest BCUT2D eigenvalue weighted by atomic mass is 9.75. The highest BCUT2D eigenvalue weighted by Crippen LogP contribution is 2.49. The first-order valence-corrected chi connectivity index (χ1v) is 25.4. The van der Waals surface area contributed by atoms with Gasteiger partial charge in [-0.25, -0.2) is 4.98 Å². The third-order valence-corrected chi connectivity index (χ3v) is 15.2. The highest BCUT2D eigenvalue weighted by Gasteiger charge is 2.33. The molecule has 360 valence electrons. The Balaban J connectivity index is 1.05. The Morgan fingerprint density at radius 2 is 0.972 bits per heavy atom. The van der Waals surface area contributed by atoms with Crippen molar-refractivity contribution in [1.82, 2.24) is 9.55 Å². The summed E-state index contributed by atoms with van der Waals surface area (Å²) in [6.45, 7) is 30.6. The molecule has 7 aromatic carbocycles. The number of hydrogen-bond donors (Lipinski definition) is 0. The fraction of sp³-hybridized carbons (Fsp3) is 0.288. The third kappa shape index (κ3) is 8.90. The van der Waals surface area contributed by atoms with Gasteiger partial charge in [0.1, 0.15) is 24.0 Å². The zero-order valence-electron chi connectivity index (χ0n) is 44.1. The number of anilines is 4. The van der Waals surface area contributed by atoms with Crippen LogP contribution in [0.1, 0.15) is 129 Å². The lowest BCUT2D eigenvalue weighted by Crippen LogP contribution is -2.26. The van der Waals surface area contributed by atoms with E-state index in [1.165, 1.54) is 61.4 Å². The van der Waals surface area contributed by atoms with Gasteiger partial charge < -0.3 is 14.5 Å². The standard InChI is InChI=1S/C66H70N4O/c1-62(2,3)46-27-31-57-56(38-46)55-30-29-54(42-59(55)70(57)61-40-48(33-34-67-61)65(10,11)44-21-16-14-17-22-44)71-53-26-20-25-51(41-53)68-43-69(60-39-47(63(4,5)6)28-32-58(60)68)52-36-49(64(7,8)9)35-50(37-52)66(12,13)45-23-18-15-19-24-45/h14-42H,43H2,1-13H3. The summed E-state index contributed by atoms with van der Waals surface area (Å²) >= 11 is 0. The minimum atomic E-state index is -0.225. The quantitative estimate of drug-likeness (QED) is 0.144. The molecule has 3 heterocycles. The summed E-state index contributed by atoms with van der Waals surface area (Å²) in [6, 6.07) is 62.3. The smallest absolute Gasteiger partial charge is 0.137 e. The monoisotopic (exact) mass is 935 g/mol. The van der Waals surface area contributed by atoms with Gasteiger partial charge in [-0.3, -0.25) is 4.57 Å². The van der Waals surface area contributed by atoms with Gasteiger partial charge in [0, 0.05) is 51.3 Å². The van der Waals surface area contributed by atoms with Crippen LogP contribution in [0.4, 0.5) is 22.7 Å². The molecule has 0 fully saturated rings. The maximum absolute atomic E-state index is 6.93. The fourth-order valence-corrected chi connectivity index (χ4v) is 10.3.